The second-order valence-corrected chi connectivity index (χ2v) is 9.21. The van der Waals surface area contributed by atoms with Crippen LogP contribution in [-0.2, 0) is 11.2 Å². The minimum absolute atomic E-state index is 0.626. The second-order valence-electron chi connectivity index (χ2n) is 9.21. The van der Waals surface area contributed by atoms with Gasteiger partial charge < -0.3 is 21.5 Å². The summed E-state index contributed by atoms with van der Waals surface area (Å²) in [5.41, 5.74) is 16.6. The fourth-order valence-corrected chi connectivity index (χ4v) is 3.57. The molecular weight excluding hydrogens is 482 g/mol. The molecule has 0 bridgehead atoms. The normalized spacial score (nSPS) is 15.5. The number of anilines is 1. The smallest absolute Gasteiger partial charge is 0.178 e. The number of nitrogens with one attached hydrogen (secondary N) is 1. The summed E-state index contributed by atoms with van der Waals surface area (Å²) >= 11 is 0. The maximum atomic E-state index is 6.11. The first-order valence-electron chi connectivity index (χ1n) is 14.0. The molecule has 1 atom stereocenters. The van der Waals surface area contributed by atoms with Crippen LogP contribution < -0.4 is 16.8 Å². The van der Waals surface area contributed by atoms with Crippen molar-refractivity contribution in [3.8, 4) is 0 Å². The minimum Gasteiger partial charge on any atom is -0.398 e. The van der Waals surface area contributed by atoms with Crippen molar-refractivity contribution in [3.05, 3.63) is 95.3 Å². The van der Waals surface area contributed by atoms with Gasteiger partial charge in [-0.1, -0.05) is 89.2 Å². The number of nitrogens with two attached hydrogens (primary N) is 2. The zero-order valence-corrected chi connectivity index (χ0v) is 24.8. The van der Waals surface area contributed by atoms with Crippen molar-refractivity contribution in [2.45, 2.75) is 60.3 Å². The summed E-state index contributed by atoms with van der Waals surface area (Å²) in [5.74, 6) is 2.24. The summed E-state index contributed by atoms with van der Waals surface area (Å²) in [7, 11) is 1.50. The van der Waals surface area contributed by atoms with Crippen molar-refractivity contribution in [1.29, 1.82) is 0 Å². The minimum atomic E-state index is 0.626. The van der Waals surface area contributed by atoms with E-state index in [4.69, 9.17) is 10.5 Å². The molecule has 0 spiro atoms. The Balaban J connectivity index is 0.000000537. The fourth-order valence-electron chi connectivity index (χ4n) is 3.57. The molecular formula is C33H49N5O. The summed E-state index contributed by atoms with van der Waals surface area (Å²) in [6.45, 7) is 16.4. The van der Waals surface area contributed by atoms with E-state index in [0.29, 0.717) is 5.84 Å². The molecule has 6 heteroatoms. The third kappa shape index (κ3) is 11.8. The first kappa shape index (κ1) is 33.5. The van der Waals surface area contributed by atoms with Crippen molar-refractivity contribution < 1.29 is 4.74 Å². The van der Waals surface area contributed by atoms with Crippen LogP contribution in [0, 0.1) is 5.92 Å². The van der Waals surface area contributed by atoms with Gasteiger partial charge in [-0.2, -0.15) is 0 Å². The number of hydrogen-bond acceptors (Lipinski definition) is 5. The number of aryl methyl sites for hydroxylation is 1. The van der Waals surface area contributed by atoms with Crippen LogP contribution in [0.25, 0.3) is 6.08 Å². The number of nitrogen functional groups attached to an aromatic ring is 1. The van der Waals surface area contributed by atoms with Crippen molar-refractivity contribution in [2.75, 3.05) is 26.0 Å². The molecule has 3 rings (SSSR count). The molecule has 0 fully saturated rings. The third-order valence-electron chi connectivity index (χ3n) is 6.21. The Morgan fingerprint density at radius 2 is 1.82 bits per heavy atom. The summed E-state index contributed by atoms with van der Waals surface area (Å²) in [6, 6.07) is 16.1. The van der Waals surface area contributed by atoms with Crippen LogP contribution >= 0.6 is 0 Å². The van der Waals surface area contributed by atoms with Gasteiger partial charge in [0.2, 0.25) is 0 Å². The monoisotopic (exact) mass is 531 g/mol. The van der Waals surface area contributed by atoms with Gasteiger partial charge in [0.15, 0.2) is 5.84 Å². The highest BCUT2D eigenvalue weighted by atomic mass is 16.5. The Hall–Kier alpha value is -3.48. The lowest BCUT2D eigenvalue weighted by Crippen LogP contribution is -2.19. The highest BCUT2D eigenvalue weighted by Crippen LogP contribution is 2.20. The first-order valence-corrected chi connectivity index (χ1v) is 14.0. The van der Waals surface area contributed by atoms with Gasteiger partial charge in [-0.25, -0.2) is 9.98 Å². The van der Waals surface area contributed by atoms with Gasteiger partial charge in [0.25, 0.3) is 0 Å². The van der Waals surface area contributed by atoms with Crippen molar-refractivity contribution in [1.82, 2.24) is 5.32 Å². The van der Waals surface area contributed by atoms with Crippen molar-refractivity contribution >= 4 is 23.4 Å². The van der Waals surface area contributed by atoms with E-state index in [9.17, 15) is 0 Å². The molecule has 1 aliphatic rings. The quantitative estimate of drug-likeness (QED) is 0.212. The lowest BCUT2D eigenvalue weighted by molar-refractivity contribution is 0.122. The molecule has 1 heterocycles. The summed E-state index contributed by atoms with van der Waals surface area (Å²) in [5, 5.41) is 3.38. The van der Waals surface area contributed by atoms with Gasteiger partial charge in [-0.05, 0) is 68.0 Å². The van der Waals surface area contributed by atoms with E-state index in [1.165, 1.54) is 31.7 Å². The molecule has 39 heavy (non-hydrogen) atoms. The Kier molecular flexibility index (Phi) is 16.8. The molecule has 6 nitrogen and oxygen atoms in total. The maximum absolute atomic E-state index is 6.11. The summed E-state index contributed by atoms with van der Waals surface area (Å²) < 4.78 is 5.36. The molecule has 2 aromatic rings. The molecule has 5 N–H and O–H groups in total. The van der Waals surface area contributed by atoms with Crippen LogP contribution in [0.1, 0.15) is 70.6 Å². The molecule has 1 aliphatic heterocycles. The Bertz CT molecular complexity index is 1120. The fraction of sp³-hybridized carbons (Fsp3) is 0.394. The summed E-state index contributed by atoms with van der Waals surface area (Å²) in [6.07, 6.45) is 10.2. The number of amidine groups is 2. The molecule has 0 saturated heterocycles. The van der Waals surface area contributed by atoms with Gasteiger partial charge in [-0.3, -0.25) is 0 Å². The van der Waals surface area contributed by atoms with Crippen LogP contribution in [0.4, 0.5) is 5.69 Å². The molecule has 0 amide bonds. The largest absolute Gasteiger partial charge is 0.398 e. The highest BCUT2D eigenvalue weighted by Gasteiger charge is 2.20. The van der Waals surface area contributed by atoms with E-state index in [0.717, 1.165) is 65.9 Å². The van der Waals surface area contributed by atoms with E-state index in [1.54, 1.807) is 0 Å². The number of benzene rings is 2. The molecule has 1 unspecified atom stereocenters. The van der Waals surface area contributed by atoms with Gasteiger partial charge in [-0.15, -0.1) is 0 Å². The zero-order chi connectivity index (χ0) is 29.0. The van der Waals surface area contributed by atoms with Gasteiger partial charge in [0, 0.05) is 30.7 Å². The first-order chi connectivity index (χ1) is 18.9. The Morgan fingerprint density at radius 3 is 2.44 bits per heavy atom. The summed E-state index contributed by atoms with van der Waals surface area (Å²) in [4.78, 5) is 8.93. The molecule has 0 aromatic heterocycles. The van der Waals surface area contributed by atoms with E-state index in [-0.39, 0.29) is 0 Å². The maximum Gasteiger partial charge on any atom is 0.178 e. The van der Waals surface area contributed by atoms with Crippen LogP contribution in [-0.4, -0.2) is 31.9 Å². The molecule has 0 radical (unpaired) electrons. The SMILES string of the molecule is C=CN=C1N=C(c2ccccc2)N/C1=C(C)\C=C\c1cc(CC)ccc1N.CCCOCCC(C)CC.CN. The number of rotatable bonds is 11. The average molecular weight is 532 g/mol. The number of allylic oxidation sites excluding steroid dienone is 2. The van der Waals surface area contributed by atoms with Gasteiger partial charge >= 0.3 is 0 Å². The number of aliphatic imine (C=N–C) groups is 2. The van der Waals surface area contributed by atoms with Crippen LogP contribution in [0.15, 0.2) is 88.6 Å². The molecule has 0 aliphatic carbocycles. The van der Waals surface area contributed by atoms with E-state index < -0.39 is 0 Å². The number of nitrogens with zero attached hydrogens (tertiary/aromatic N) is 2. The molecule has 0 saturated carbocycles. The van der Waals surface area contributed by atoms with Gasteiger partial charge in [0.1, 0.15) is 5.84 Å². The molecule has 2 aromatic carbocycles. The lowest BCUT2D eigenvalue weighted by atomic mass is 10.1. The average Bonchev–Trinajstić information content (AvgIpc) is 3.40. The molecule has 212 valence electrons. The van der Waals surface area contributed by atoms with Crippen LogP contribution in [0.5, 0.6) is 0 Å². The topological polar surface area (TPSA) is 98.0 Å². The highest BCUT2D eigenvalue weighted by molar-refractivity contribution is 6.19. The lowest BCUT2D eigenvalue weighted by Gasteiger charge is -2.07. The second kappa shape index (κ2) is 19.6. The van der Waals surface area contributed by atoms with E-state index in [2.05, 4.69) is 67.4 Å². The van der Waals surface area contributed by atoms with Crippen molar-refractivity contribution in [3.63, 3.8) is 0 Å². The predicted octanol–water partition coefficient (Wildman–Crippen LogP) is 7.13. The van der Waals surface area contributed by atoms with Gasteiger partial charge in [0.05, 0.1) is 5.70 Å². The predicted molar refractivity (Wildman–Crippen MR) is 171 cm³/mol. The standard InChI is InChI=1S/C23H24N4.C9H20O.CH5N/c1-4-17-12-14-20(24)19(15-17)13-11-16(3)21-23(25-5-2)27-22(26-21)18-9-7-6-8-10-18;1-4-7-10-8-6-9(3)5-2;1-2/h5-15H,2,4,24H2,1,3H3,(H,25,26,27);9H,4-8H2,1-3H3;2H2,1H3/b13-11+,21-16-;;. The number of ether oxygens (including phenoxy) is 1. The van der Waals surface area contributed by atoms with E-state index in [1.807, 2.05) is 55.5 Å². The van der Waals surface area contributed by atoms with E-state index >= 15 is 0 Å². The van der Waals surface area contributed by atoms with Crippen LogP contribution in [0.2, 0.25) is 0 Å². The van der Waals surface area contributed by atoms with Crippen LogP contribution in [0.3, 0.4) is 0 Å². The third-order valence-corrected chi connectivity index (χ3v) is 6.21. The zero-order valence-electron chi connectivity index (χ0n) is 24.8. The van der Waals surface area contributed by atoms with Crippen molar-refractivity contribution in [2.24, 2.45) is 21.6 Å². The Labute approximate surface area is 236 Å². The number of hydrogen-bond donors (Lipinski definition) is 3. The Morgan fingerprint density at radius 1 is 1.10 bits per heavy atom.